The number of nitrogens with zero attached hydrogens (tertiary/aromatic N) is 1. The molecule has 1 heterocycles. The number of carbonyl (C=O) groups excluding carboxylic acids is 2. The molecule has 0 bridgehead atoms. The highest BCUT2D eigenvalue weighted by atomic mass is 35.5. The van der Waals surface area contributed by atoms with Crippen molar-refractivity contribution in [2.75, 3.05) is 11.9 Å². The molecule has 1 fully saturated rings. The van der Waals surface area contributed by atoms with Crippen molar-refractivity contribution in [2.24, 2.45) is 0 Å². The van der Waals surface area contributed by atoms with Gasteiger partial charge >= 0.3 is 6.03 Å². The second-order valence-corrected chi connectivity index (χ2v) is 7.11. The molecule has 2 aromatic rings. The van der Waals surface area contributed by atoms with Gasteiger partial charge in [0.2, 0.25) is 5.91 Å². The van der Waals surface area contributed by atoms with Gasteiger partial charge in [-0.15, -0.1) is 0 Å². The molecule has 3 rings (SSSR count). The summed E-state index contributed by atoms with van der Waals surface area (Å²) in [5, 5.41) is 6.18. The average Bonchev–Trinajstić information content (AvgIpc) is 2.91. The lowest BCUT2D eigenvalue weighted by Gasteiger charge is -2.18. The van der Waals surface area contributed by atoms with Gasteiger partial charge in [-0.1, -0.05) is 48.0 Å². The Hall–Kier alpha value is -2.53. The smallest absolute Gasteiger partial charge is 0.319 e. The Morgan fingerprint density at radius 1 is 1.23 bits per heavy atom. The molecule has 0 saturated carbocycles. The molecule has 1 aliphatic rings. The maximum Gasteiger partial charge on any atom is 0.319 e. The summed E-state index contributed by atoms with van der Waals surface area (Å²) in [6.07, 6.45) is 0.306. The molecule has 2 N–H and O–H groups in total. The minimum absolute atomic E-state index is 0.0451. The highest BCUT2D eigenvalue weighted by Crippen LogP contribution is 2.27. The maximum atomic E-state index is 12.3. The summed E-state index contributed by atoms with van der Waals surface area (Å²) < 4.78 is 0. The Labute approximate surface area is 158 Å². The van der Waals surface area contributed by atoms with E-state index in [9.17, 15) is 9.59 Å². The number of aryl methyl sites for hydroxylation is 2. The fourth-order valence-corrected chi connectivity index (χ4v) is 3.60. The zero-order valence-electron chi connectivity index (χ0n) is 14.9. The fraction of sp³-hybridized carbons (Fsp3) is 0.300. The van der Waals surface area contributed by atoms with Crippen molar-refractivity contribution >= 4 is 29.2 Å². The van der Waals surface area contributed by atoms with Crippen molar-refractivity contribution in [3.63, 3.8) is 0 Å². The number of likely N-dealkylation sites (tertiary alicyclic amines) is 1. The standard InChI is InChI=1S/C20H22ClN3O2/c1-13-8-14(2)19(17(21)9-13)23-20(26)22-16-10-18(25)24(12-16)11-15-6-4-3-5-7-15/h3-9,16H,10-12H2,1-2H3,(H2,22,23,26). The molecule has 5 nitrogen and oxygen atoms in total. The molecule has 136 valence electrons. The van der Waals surface area contributed by atoms with Crippen LogP contribution in [0.4, 0.5) is 10.5 Å². The summed E-state index contributed by atoms with van der Waals surface area (Å²) in [4.78, 5) is 26.3. The number of benzene rings is 2. The normalized spacial score (nSPS) is 16.7. The lowest BCUT2D eigenvalue weighted by Crippen LogP contribution is -2.39. The van der Waals surface area contributed by atoms with Gasteiger partial charge < -0.3 is 15.5 Å². The monoisotopic (exact) mass is 371 g/mol. The van der Waals surface area contributed by atoms with Crippen molar-refractivity contribution in [1.29, 1.82) is 0 Å². The second kappa shape index (κ2) is 7.79. The first-order chi connectivity index (χ1) is 12.4. The molecular formula is C20H22ClN3O2. The van der Waals surface area contributed by atoms with E-state index in [0.29, 0.717) is 30.2 Å². The van der Waals surface area contributed by atoms with Crippen LogP contribution in [0.15, 0.2) is 42.5 Å². The highest BCUT2D eigenvalue weighted by Gasteiger charge is 2.30. The molecule has 1 aliphatic heterocycles. The van der Waals surface area contributed by atoms with Gasteiger partial charge in [0.1, 0.15) is 0 Å². The minimum atomic E-state index is -0.349. The fourth-order valence-electron chi connectivity index (χ4n) is 3.23. The largest absolute Gasteiger partial charge is 0.336 e. The van der Waals surface area contributed by atoms with Gasteiger partial charge in [-0.2, -0.15) is 0 Å². The predicted octanol–water partition coefficient (Wildman–Crippen LogP) is 3.88. The van der Waals surface area contributed by atoms with Crippen LogP contribution in [0.3, 0.4) is 0 Å². The van der Waals surface area contributed by atoms with E-state index in [1.807, 2.05) is 56.3 Å². The number of nitrogens with one attached hydrogen (secondary N) is 2. The van der Waals surface area contributed by atoms with Crippen molar-refractivity contribution < 1.29 is 9.59 Å². The summed E-state index contributed by atoms with van der Waals surface area (Å²) in [6.45, 7) is 4.91. The quantitative estimate of drug-likeness (QED) is 0.856. The average molecular weight is 372 g/mol. The Bertz CT molecular complexity index is 800. The van der Waals surface area contributed by atoms with Crippen molar-refractivity contribution in [1.82, 2.24) is 10.2 Å². The van der Waals surface area contributed by atoms with Crippen LogP contribution in [0.1, 0.15) is 23.1 Å². The molecule has 0 aromatic heterocycles. The predicted molar refractivity (Wildman–Crippen MR) is 103 cm³/mol. The Balaban J connectivity index is 1.58. The van der Waals surface area contributed by atoms with Gasteiger partial charge in [0.15, 0.2) is 0 Å². The molecule has 1 atom stereocenters. The van der Waals surface area contributed by atoms with Crippen LogP contribution in [-0.2, 0) is 11.3 Å². The molecular weight excluding hydrogens is 350 g/mol. The Morgan fingerprint density at radius 3 is 2.65 bits per heavy atom. The van der Waals surface area contributed by atoms with Gasteiger partial charge in [-0.25, -0.2) is 4.79 Å². The van der Waals surface area contributed by atoms with E-state index in [4.69, 9.17) is 11.6 Å². The van der Waals surface area contributed by atoms with Gasteiger partial charge in [0.05, 0.1) is 16.8 Å². The molecule has 1 unspecified atom stereocenters. The molecule has 0 radical (unpaired) electrons. The van der Waals surface area contributed by atoms with Gasteiger partial charge in [0.25, 0.3) is 0 Å². The van der Waals surface area contributed by atoms with Crippen LogP contribution in [0.2, 0.25) is 5.02 Å². The molecule has 0 spiro atoms. The Morgan fingerprint density at radius 2 is 1.96 bits per heavy atom. The maximum absolute atomic E-state index is 12.3. The number of hydrogen-bond donors (Lipinski definition) is 2. The summed E-state index contributed by atoms with van der Waals surface area (Å²) in [6, 6.07) is 13.0. The van der Waals surface area contributed by atoms with Crippen molar-refractivity contribution in [3.05, 3.63) is 64.2 Å². The zero-order valence-corrected chi connectivity index (χ0v) is 15.6. The first-order valence-electron chi connectivity index (χ1n) is 8.58. The summed E-state index contributed by atoms with van der Waals surface area (Å²) in [5.74, 6) is 0.0451. The highest BCUT2D eigenvalue weighted by molar-refractivity contribution is 6.34. The minimum Gasteiger partial charge on any atom is -0.336 e. The number of amides is 3. The molecule has 1 saturated heterocycles. The van der Waals surface area contributed by atoms with E-state index in [1.54, 1.807) is 4.90 Å². The third kappa shape index (κ3) is 4.35. The molecule has 0 aliphatic carbocycles. The first-order valence-corrected chi connectivity index (χ1v) is 8.96. The second-order valence-electron chi connectivity index (χ2n) is 6.70. The molecule has 2 aromatic carbocycles. The van der Waals surface area contributed by atoms with E-state index in [2.05, 4.69) is 10.6 Å². The zero-order chi connectivity index (χ0) is 18.7. The SMILES string of the molecule is Cc1cc(C)c(NC(=O)NC2CC(=O)N(Cc3ccccc3)C2)c(Cl)c1. The Kier molecular flexibility index (Phi) is 5.47. The number of rotatable bonds is 4. The third-order valence-electron chi connectivity index (χ3n) is 4.44. The number of anilines is 1. The van der Waals surface area contributed by atoms with Gasteiger partial charge in [0, 0.05) is 19.5 Å². The number of hydrogen-bond acceptors (Lipinski definition) is 2. The van der Waals surface area contributed by atoms with E-state index < -0.39 is 0 Å². The van der Waals surface area contributed by atoms with E-state index in [-0.39, 0.29) is 18.0 Å². The lowest BCUT2D eigenvalue weighted by atomic mass is 10.1. The van der Waals surface area contributed by atoms with Crippen LogP contribution in [-0.4, -0.2) is 29.4 Å². The van der Waals surface area contributed by atoms with E-state index in [0.717, 1.165) is 16.7 Å². The van der Waals surface area contributed by atoms with Crippen LogP contribution < -0.4 is 10.6 Å². The summed E-state index contributed by atoms with van der Waals surface area (Å²) in [5.41, 5.74) is 3.61. The van der Waals surface area contributed by atoms with Crippen LogP contribution in [0.25, 0.3) is 0 Å². The van der Waals surface area contributed by atoms with Crippen LogP contribution >= 0.6 is 11.6 Å². The van der Waals surface area contributed by atoms with Crippen LogP contribution in [0, 0.1) is 13.8 Å². The van der Waals surface area contributed by atoms with Gasteiger partial charge in [-0.05, 0) is 36.6 Å². The lowest BCUT2D eigenvalue weighted by molar-refractivity contribution is -0.128. The van der Waals surface area contributed by atoms with Gasteiger partial charge in [-0.3, -0.25) is 4.79 Å². The summed E-state index contributed by atoms with van der Waals surface area (Å²) in [7, 11) is 0. The van der Waals surface area contributed by atoms with Crippen molar-refractivity contribution in [2.45, 2.75) is 32.9 Å². The summed E-state index contributed by atoms with van der Waals surface area (Å²) >= 11 is 6.23. The number of carbonyl (C=O) groups is 2. The van der Waals surface area contributed by atoms with E-state index in [1.165, 1.54) is 0 Å². The van der Waals surface area contributed by atoms with Crippen molar-refractivity contribution in [3.8, 4) is 0 Å². The first kappa shape index (κ1) is 18.3. The molecule has 3 amide bonds. The molecule has 26 heavy (non-hydrogen) atoms. The number of halogens is 1. The molecule has 6 heteroatoms. The third-order valence-corrected chi connectivity index (χ3v) is 4.73. The van der Waals surface area contributed by atoms with E-state index >= 15 is 0 Å². The topological polar surface area (TPSA) is 61.4 Å². The van der Waals surface area contributed by atoms with Crippen LogP contribution in [0.5, 0.6) is 0 Å². The number of urea groups is 1.